The second-order valence-electron chi connectivity index (χ2n) is 5.98. The molecule has 120 valence electrons. The summed E-state index contributed by atoms with van der Waals surface area (Å²) in [4.78, 5) is 38.1. The zero-order chi connectivity index (χ0) is 16.6. The van der Waals surface area contributed by atoms with Crippen molar-refractivity contribution in [2.75, 3.05) is 11.5 Å². The van der Waals surface area contributed by atoms with Crippen LogP contribution < -0.4 is 4.90 Å². The maximum atomic E-state index is 12.6. The number of nitrogens with zero attached hydrogens (tertiary/aromatic N) is 1. The Morgan fingerprint density at radius 1 is 1.17 bits per heavy atom. The number of imide groups is 1. The summed E-state index contributed by atoms with van der Waals surface area (Å²) in [6.45, 7) is 4.04. The standard InChI is InChI=1S/C18H19NO4/c1-3-23-18(22)12-5-7-13(8-6-12)19-16(20)14-9-4-11(2)10-15(14)17(19)21/h4-8,14-15H,3,9-10H2,1-2H3/t14-,15+/m0/s1. The van der Waals surface area contributed by atoms with Gasteiger partial charge in [-0.15, -0.1) is 0 Å². The zero-order valence-corrected chi connectivity index (χ0v) is 13.2. The monoisotopic (exact) mass is 313 g/mol. The Kier molecular flexibility index (Phi) is 4.03. The molecule has 2 atom stereocenters. The normalized spacial score (nSPS) is 23.6. The lowest BCUT2D eigenvalue weighted by Gasteiger charge is -2.18. The highest BCUT2D eigenvalue weighted by molar-refractivity contribution is 6.22. The number of fused-ring (bicyclic) bond motifs is 1. The van der Waals surface area contributed by atoms with Crippen molar-refractivity contribution in [2.45, 2.75) is 26.7 Å². The van der Waals surface area contributed by atoms with E-state index in [-0.39, 0.29) is 23.7 Å². The molecule has 3 rings (SSSR count). The Bertz CT molecular complexity index is 689. The molecule has 0 bridgehead atoms. The Morgan fingerprint density at radius 2 is 1.83 bits per heavy atom. The summed E-state index contributed by atoms with van der Waals surface area (Å²) in [5, 5.41) is 0. The average Bonchev–Trinajstić information content (AvgIpc) is 2.79. The van der Waals surface area contributed by atoms with Gasteiger partial charge in [0, 0.05) is 0 Å². The summed E-state index contributed by atoms with van der Waals surface area (Å²) in [6, 6.07) is 6.41. The maximum Gasteiger partial charge on any atom is 0.338 e. The number of rotatable bonds is 3. The van der Waals surface area contributed by atoms with Crippen molar-refractivity contribution in [1.29, 1.82) is 0 Å². The number of ether oxygens (including phenoxy) is 1. The Balaban J connectivity index is 1.84. The molecule has 2 amide bonds. The molecule has 0 unspecified atom stereocenters. The van der Waals surface area contributed by atoms with Crippen molar-refractivity contribution >= 4 is 23.5 Å². The summed E-state index contributed by atoms with van der Waals surface area (Å²) < 4.78 is 4.93. The van der Waals surface area contributed by atoms with Crippen LogP contribution in [-0.4, -0.2) is 24.4 Å². The topological polar surface area (TPSA) is 63.7 Å². The highest BCUT2D eigenvalue weighted by Gasteiger charge is 2.48. The molecule has 1 aromatic rings. The minimum absolute atomic E-state index is 0.142. The van der Waals surface area contributed by atoms with Crippen molar-refractivity contribution in [1.82, 2.24) is 0 Å². The fourth-order valence-electron chi connectivity index (χ4n) is 3.25. The van der Waals surface area contributed by atoms with Gasteiger partial charge in [-0.25, -0.2) is 4.79 Å². The highest BCUT2D eigenvalue weighted by atomic mass is 16.5. The first kappa shape index (κ1) is 15.5. The molecule has 23 heavy (non-hydrogen) atoms. The van der Waals surface area contributed by atoms with Gasteiger partial charge in [0.1, 0.15) is 0 Å². The van der Waals surface area contributed by atoms with Crippen LogP contribution in [0.1, 0.15) is 37.0 Å². The lowest BCUT2D eigenvalue weighted by Crippen LogP contribution is -2.30. The molecule has 1 fully saturated rings. The summed E-state index contributed by atoms with van der Waals surface area (Å²) in [6.07, 6.45) is 3.31. The van der Waals surface area contributed by atoms with E-state index in [1.54, 1.807) is 31.2 Å². The van der Waals surface area contributed by atoms with Crippen molar-refractivity contribution < 1.29 is 19.1 Å². The quantitative estimate of drug-likeness (QED) is 0.489. The van der Waals surface area contributed by atoms with Gasteiger partial charge < -0.3 is 4.74 Å². The minimum Gasteiger partial charge on any atom is -0.462 e. The van der Waals surface area contributed by atoms with Gasteiger partial charge in [-0.2, -0.15) is 0 Å². The SMILES string of the molecule is CCOC(=O)c1ccc(N2C(=O)[C@H]3CC=C(C)C[C@H]3C2=O)cc1. The van der Waals surface area contributed by atoms with E-state index in [0.29, 0.717) is 30.7 Å². The van der Waals surface area contributed by atoms with Crippen LogP contribution in [0.15, 0.2) is 35.9 Å². The van der Waals surface area contributed by atoms with E-state index in [1.165, 1.54) is 4.90 Å². The number of anilines is 1. The van der Waals surface area contributed by atoms with Gasteiger partial charge in [0.25, 0.3) is 0 Å². The first-order valence-electron chi connectivity index (χ1n) is 7.83. The van der Waals surface area contributed by atoms with E-state index >= 15 is 0 Å². The van der Waals surface area contributed by atoms with E-state index in [1.807, 2.05) is 13.0 Å². The molecule has 0 aromatic heterocycles. The molecular weight excluding hydrogens is 294 g/mol. The van der Waals surface area contributed by atoms with Crippen molar-refractivity contribution in [2.24, 2.45) is 11.8 Å². The number of carbonyl (C=O) groups excluding carboxylic acids is 3. The highest BCUT2D eigenvalue weighted by Crippen LogP contribution is 2.39. The third-order valence-electron chi connectivity index (χ3n) is 4.46. The summed E-state index contributed by atoms with van der Waals surface area (Å²) in [7, 11) is 0. The third-order valence-corrected chi connectivity index (χ3v) is 4.46. The Labute approximate surface area is 134 Å². The van der Waals surface area contributed by atoms with Gasteiger partial charge in [-0.05, 0) is 51.0 Å². The van der Waals surface area contributed by atoms with Crippen LogP contribution in [0.25, 0.3) is 0 Å². The molecule has 2 aliphatic rings. The second kappa shape index (κ2) is 5.99. The van der Waals surface area contributed by atoms with Crippen LogP contribution in [0.5, 0.6) is 0 Å². The van der Waals surface area contributed by atoms with Crippen LogP contribution in [-0.2, 0) is 14.3 Å². The molecule has 0 N–H and O–H groups in total. The molecule has 0 radical (unpaired) electrons. The van der Waals surface area contributed by atoms with Gasteiger partial charge in [0.05, 0.1) is 29.7 Å². The molecule has 1 heterocycles. The molecule has 5 heteroatoms. The Hall–Kier alpha value is -2.43. The molecule has 1 aliphatic carbocycles. The molecule has 1 aliphatic heterocycles. The largest absolute Gasteiger partial charge is 0.462 e. The van der Waals surface area contributed by atoms with Crippen LogP contribution in [0.2, 0.25) is 0 Å². The zero-order valence-electron chi connectivity index (χ0n) is 13.2. The predicted octanol–water partition coefficient (Wildman–Crippen LogP) is 2.71. The molecule has 5 nitrogen and oxygen atoms in total. The van der Waals surface area contributed by atoms with Crippen LogP contribution in [0.3, 0.4) is 0 Å². The van der Waals surface area contributed by atoms with Gasteiger partial charge in [-0.3, -0.25) is 14.5 Å². The third kappa shape index (κ3) is 2.67. The first-order valence-corrected chi connectivity index (χ1v) is 7.83. The molecule has 0 spiro atoms. The fourth-order valence-corrected chi connectivity index (χ4v) is 3.25. The lowest BCUT2D eigenvalue weighted by atomic mass is 9.82. The van der Waals surface area contributed by atoms with Gasteiger partial charge >= 0.3 is 5.97 Å². The van der Waals surface area contributed by atoms with Crippen molar-refractivity contribution in [3.05, 3.63) is 41.5 Å². The van der Waals surface area contributed by atoms with E-state index in [9.17, 15) is 14.4 Å². The Morgan fingerprint density at radius 3 is 2.48 bits per heavy atom. The average molecular weight is 313 g/mol. The van der Waals surface area contributed by atoms with Gasteiger partial charge in [0.15, 0.2) is 0 Å². The number of carbonyl (C=O) groups is 3. The van der Waals surface area contributed by atoms with Gasteiger partial charge in [-0.1, -0.05) is 11.6 Å². The number of allylic oxidation sites excluding steroid dienone is 2. The van der Waals surface area contributed by atoms with Gasteiger partial charge in [0.2, 0.25) is 11.8 Å². The minimum atomic E-state index is -0.411. The number of amides is 2. The van der Waals surface area contributed by atoms with Crippen LogP contribution in [0, 0.1) is 11.8 Å². The summed E-state index contributed by atoms with van der Waals surface area (Å²) in [5.74, 6) is -1.20. The number of benzene rings is 1. The molecule has 1 saturated heterocycles. The van der Waals surface area contributed by atoms with E-state index < -0.39 is 5.97 Å². The van der Waals surface area contributed by atoms with Crippen molar-refractivity contribution in [3.63, 3.8) is 0 Å². The molecular formula is C18H19NO4. The number of esters is 1. The van der Waals surface area contributed by atoms with Crippen LogP contribution >= 0.6 is 0 Å². The predicted molar refractivity (Wildman–Crippen MR) is 84.9 cm³/mol. The fraction of sp³-hybridized carbons (Fsp3) is 0.389. The maximum absolute atomic E-state index is 12.6. The second-order valence-corrected chi connectivity index (χ2v) is 5.98. The van der Waals surface area contributed by atoms with Crippen molar-refractivity contribution in [3.8, 4) is 0 Å². The smallest absolute Gasteiger partial charge is 0.338 e. The first-order chi connectivity index (χ1) is 11.0. The molecule has 1 aromatic carbocycles. The summed E-state index contributed by atoms with van der Waals surface area (Å²) >= 11 is 0. The molecule has 0 saturated carbocycles. The number of hydrogen-bond acceptors (Lipinski definition) is 4. The lowest BCUT2D eigenvalue weighted by molar-refractivity contribution is -0.122. The van der Waals surface area contributed by atoms with E-state index in [2.05, 4.69) is 0 Å². The van der Waals surface area contributed by atoms with Crippen LogP contribution in [0.4, 0.5) is 5.69 Å². The van der Waals surface area contributed by atoms with E-state index in [4.69, 9.17) is 4.74 Å². The van der Waals surface area contributed by atoms with E-state index in [0.717, 1.165) is 5.57 Å². The summed E-state index contributed by atoms with van der Waals surface area (Å²) in [5.41, 5.74) is 2.08. The number of hydrogen-bond donors (Lipinski definition) is 0.